The van der Waals surface area contributed by atoms with Gasteiger partial charge in [-0.05, 0) is 17.2 Å². The summed E-state index contributed by atoms with van der Waals surface area (Å²) in [6.07, 6.45) is 2.80. The highest BCUT2D eigenvalue weighted by atomic mass is 35.5. The number of pyridine rings is 1. The number of aromatic nitrogens is 3. The summed E-state index contributed by atoms with van der Waals surface area (Å²) in [6.45, 7) is 0.289. The Kier molecular flexibility index (Phi) is 6.64. The first-order chi connectivity index (χ1) is 17.5. The van der Waals surface area contributed by atoms with Gasteiger partial charge in [0.25, 0.3) is 5.76 Å². The third-order valence-electron chi connectivity index (χ3n) is 5.36. The molecule has 0 spiro atoms. The molecule has 0 N–H and O–H groups in total. The quantitative estimate of drug-likeness (QED) is 0.232. The van der Waals surface area contributed by atoms with E-state index < -0.39 is 17.9 Å². The maximum atomic E-state index is 14.4. The number of imidazole rings is 1. The van der Waals surface area contributed by atoms with Crippen LogP contribution in [0.15, 0.2) is 90.3 Å². The van der Waals surface area contributed by atoms with Gasteiger partial charge in [-0.3, -0.25) is 0 Å². The van der Waals surface area contributed by atoms with E-state index in [1.807, 2.05) is 60.7 Å². The van der Waals surface area contributed by atoms with Crippen LogP contribution in [0, 0.1) is 11.9 Å². The minimum absolute atomic E-state index is 0.00381. The van der Waals surface area contributed by atoms with Crippen LogP contribution in [0.5, 0.6) is 0 Å². The van der Waals surface area contributed by atoms with Crippen molar-refractivity contribution in [2.45, 2.75) is 19.8 Å². The number of fused-ring (bicyclic) bond motifs is 1. The van der Waals surface area contributed by atoms with Gasteiger partial charge in [0, 0.05) is 6.54 Å². The van der Waals surface area contributed by atoms with E-state index >= 15 is 0 Å². The van der Waals surface area contributed by atoms with Gasteiger partial charge in [0.2, 0.25) is 17.7 Å². The van der Waals surface area contributed by atoms with E-state index in [0.29, 0.717) is 0 Å². The van der Waals surface area contributed by atoms with Gasteiger partial charge in [-0.15, -0.1) is 0 Å². The minimum Gasteiger partial charge on any atom is -0.481 e. The van der Waals surface area contributed by atoms with Crippen molar-refractivity contribution in [2.75, 3.05) is 0 Å². The van der Waals surface area contributed by atoms with Crippen LogP contribution in [-0.4, -0.2) is 20.5 Å². The lowest BCUT2D eigenvalue weighted by Gasteiger charge is -2.10. The Labute approximate surface area is 209 Å². The van der Waals surface area contributed by atoms with Gasteiger partial charge >= 0.3 is 5.97 Å². The number of ether oxygens (including phenoxy) is 3. The summed E-state index contributed by atoms with van der Waals surface area (Å²) in [5.74, 6) is -2.78. The summed E-state index contributed by atoms with van der Waals surface area (Å²) in [7, 11) is 0. The molecule has 0 atom stereocenters. The zero-order valence-electron chi connectivity index (χ0n) is 18.7. The molecule has 36 heavy (non-hydrogen) atoms. The molecule has 0 radical (unpaired) electrons. The van der Waals surface area contributed by atoms with Crippen molar-refractivity contribution in [1.82, 2.24) is 14.5 Å². The molecule has 7 nitrogen and oxygen atoms in total. The van der Waals surface area contributed by atoms with Crippen LogP contribution in [-0.2, 0) is 38.8 Å². The number of allylic oxidation sites excluding steroid dienone is 1. The SMILES string of the molecule is O=C1O/C(=C\Cn2cnc3c(Cl)c(F)nc(F)c32)C(OCc2ccccc2)=C1OCc1ccccc1. The Morgan fingerprint density at radius 2 is 1.53 bits per heavy atom. The average Bonchev–Trinajstić information content (AvgIpc) is 3.45. The van der Waals surface area contributed by atoms with E-state index in [9.17, 15) is 13.6 Å². The standard InChI is InChI=1S/C26H18ClF2N3O4/c27-19-20-21(25(29)31-24(19)28)32(15-30-20)12-11-18-22(34-13-16-7-3-1-4-8-16)23(26(33)36-18)35-14-17-9-5-2-6-10-17/h1-11,15H,12-14H2/b18-11-. The monoisotopic (exact) mass is 509 g/mol. The number of carbonyl (C=O) groups is 1. The van der Waals surface area contributed by atoms with Crippen LogP contribution >= 0.6 is 11.6 Å². The molecular formula is C26H18ClF2N3O4. The van der Waals surface area contributed by atoms with Crippen LogP contribution in [0.3, 0.4) is 0 Å². The number of cyclic esters (lactones) is 1. The molecule has 2 aromatic carbocycles. The van der Waals surface area contributed by atoms with Crippen LogP contribution < -0.4 is 0 Å². The Morgan fingerprint density at radius 1 is 0.917 bits per heavy atom. The Morgan fingerprint density at radius 3 is 2.17 bits per heavy atom. The smallest absolute Gasteiger partial charge is 0.383 e. The van der Waals surface area contributed by atoms with E-state index in [1.165, 1.54) is 17.0 Å². The molecule has 1 aliphatic heterocycles. The topological polar surface area (TPSA) is 75.5 Å². The number of carbonyl (C=O) groups excluding carboxylic acids is 1. The number of hydrogen-bond acceptors (Lipinski definition) is 6. The second-order valence-electron chi connectivity index (χ2n) is 7.77. The first-order valence-corrected chi connectivity index (χ1v) is 11.2. The lowest BCUT2D eigenvalue weighted by molar-refractivity contribution is -0.136. The number of halogens is 3. The summed E-state index contributed by atoms with van der Waals surface area (Å²) in [5.41, 5.74) is 1.58. The summed E-state index contributed by atoms with van der Waals surface area (Å²) in [4.78, 5) is 19.8. The molecule has 0 saturated carbocycles. The molecule has 1 aliphatic rings. The van der Waals surface area contributed by atoms with Gasteiger partial charge in [-0.2, -0.15) is 13.8 Å². The Hall–Kier alpha value is -4.24. The van der Waals surface area contributed by atoms with Gasteiger partial charge in [0.05, 0.1) is 6.33 Å². The number of esters is 1. The predicted octanol–water partition coefficient (Wildman–Crippen LogP) is 5.45. The van der Waals surface area contributed by atoms with Crippen molar-refractivity contribution < 1.29 is 27.8 Å². The molecule has 5 rings (SSSR count). The molecule has 0 amide bonds. The second-order valence-corrected chi connectivity index (χ2v) is 8.14. The van der Waals surface area contributed by atoms with E-state index in [1.54, 1.807) is 0 Å². The van der Waals surface area contributed by atoms with Gasteiger partial charge in [-0.1, -0.05) is 72.3 Å². The first-order valence-electron chi connectivity index (χ1n) is 10.9. The molecule has 0 aliphatic carbocycles. The molecule has 0 saturated heterocycles. The van der Waals surface area contributed by atoms with Crippen LogP contribution in [0.25, 0.3) is 11.0 Å². The first kappa shape index (κ1) is 23.5. The highest BCUT2D eigenvalue weighted by Crippen LogP contribution is 2.31. The summed E-state index contributed by atoms with van der Waals surface area (Å²) < 4.78 is 46.5. The average molecular weight is 510 g/mol. The number of rotatable bonds is 8. The Bertz CT molecular complexity index is 1490. The number of benzene rings is 2. The maximum Gasteiger partial charge on any atom is 0.383 e. The lowest BCUT2D eigenvalue weighted by Crippen LogP contribution is -2.04. The molecule has 3 heterocycles. The summed E-state index contributed by atoms with van der Waals surface area (Å²) >= 11 is 5.88. The van der Waals surface area contributed by atoms with Crippen molar-refractivity contribution in [3.8, 4) is 0 Å². The zero-order valence-corrected chi connectivity index (χ0v) is 19.4. The second kappa shape index (κ2) is 10.2. The molecule has 0 bridgehead atoms. The van der Waals surface area contributed by atoms with Crippen molar-refractivity contribution in [2.24, 2.45) is 0 Å². The third kappa shape index (κ3) is 4.78. The maximum absolute atomic E-state index is 14.4. The van der Waals surface area contributed by atoms with Gasteiger partial charge < -0.3 is 18.8 Å². The van der Waals surface area contributed by atoms with Crippen LogP contribution in [0.1, 0.15) is 11.1 Å². The van der Waals surface area contributed by atoms with E-state index in [-0.39, 0.29) is 53.1 Å². The van der Waals surface area contributed by atoms with E-state index in [4.69, 9.17) is 25.8 Å². The van der Waals surface area contributed by atoms with Crippen molar-refractivity contribution in [3.63, 3.8) is 0 Å². The Balaban J connectivity index is 1.44. The fourth-order valence-electron chi connectivity index (χ4n) is 3.62. The number of nitrogens with zero attached hydrogens (tertiary/aromatic N) is 3. The number of hydrogen-bond donors (Lipinski definition) is 0. The van der Waals surface area contributed by atoms with E-state index in [0.717, 1.165) is 11.1 Å². The highest BCUT2D eigenvalue weighted by Gasteiger charge is 2.34. The zero-order chi connectivity index (χ0) is 25.1. The fraction of sp³-hybridized carbons (Fsp3) is 0.115. The van der Waals surface area contributed by atoms with Crippen LogP contribution in [0.2, 0.25) is 5.02 Å². The van der Waals surface area contributed by atoms with Crippen molar-refractivity contribution in [1.29, 1.82) is 0 Å². The van der Waals surface area contributed by atoms with Gasteiger partial charge in [0.15, 0.2) is 5.76 Å². The molecule has 0 fully saturated rings. The summed E-state index contributed by atoms with van der Waals surface area (Å²) in [6, 6.07) is 18.7. The molecule has 182 valence electrons. The van der Waals surface area contributed by atoms with E-state index in [2.05, 4.69) is 9.97 Å². The molecular weight excluding hydrogens is 492 g/mol. The van der Waals surface area contributed by atoms with Crippen molar-refractivity contribution in [3.05, 3.63) is 118 Å². The largest absolute Gasteiger partial charge is 0.481 e. The molecule has 10 heteroatoms. The minimum atomic E-state index is -1.14. The predicted molar refractivity (Wildman–Crippen MR) is 126 cm³/mol. The van der Waals surface area contributed by atoms with Gasteiger partial charge in [0.1, 0.15) is 29.3 Å². The van der Waals surface area contributed by atoms with Crippen LogP contribution in [0.4, 0.5) is 8.78 Å². The third-order valence-corrected chi connectivity index (χ3v) is 5.70. The van der Waals surface area contributed by atoms with Crippen molar-refractivity contribution >= 4 is 28.6 Å². The fourth-order valence-corrected chi connectivity index (χ4v) is 3.80. The molecule has 0 unspecified atom stereocenters. The lowest BCUT2D eigenvalue weighted by atomic mass is 10.2. The molecule has 4 aromatic rings. The van der Waals surface area contributed by atoms with Gasteiger partial charge in [-0.25, -0.2) is 9.78 Å². The molecule has 2 aromatic heterocycles. The summed E-state index contributed by atoms with van der Waals surface area (Å²) in [5, 5.41) is -0.381. The highest BCUT2D eigenvalue weighted by molar-refractivity contribution is 6.34. The normalized spacial score (nSPS) is 14.5.